The fourth-order valence-corrected chi connectivity index (χ4v) is 5.66. The van der Waals surface area contributed by atoms with Gasteiger partial charge in [0.25, 0.3) is 0 Å². The first-order chi connectivity index (χ1) is 13.7. The largest absolute Gasteiger partial charge is 0.303 e. The minimum absolute atomic E-state index is 0.0877. The Hall–Kier alpha value is -1.63. The van der Waals surface area contributed by atoms with Gasteiger partial charge in [0.05, 0.1) is 15.0 Å². The van der Waals surface area contributed by atoms with Crippen LogP contribution in [-0.2, 0) is 6.42 Å². The van der Waals surface area contributed by atoms with Crippen LogP contribution in [0.25, 0.3) is 0 Å². The zero-order valence-corrected chi connectivity index (χ0v) is 17.9. The summed E-state index contributed by atoms with van der Waals surface area (Å²) in [5, 5.41) is 9.82. The van der Waals surface area contributed by atoms with Gasteiger partial charge in [-0.15, -0.1) is 21.5 Å². The third kappa shape index (κ3) is 4.67. The molecule has 2 aromatic heterocycles. The SMILES string of the molecule is O=C(CSc1nnc(Cc2ccccc2)n1C1CCCCC1)c1ccc(Cl)s1. The van der Waals surface area contributed by atoms with Crippen LogP contribution in [0.3, 0.4) is 0 Å². The van der Waals surface area contributed by atoms with Crippen LogP contribution >= 0.6 is 34.7 Å². The zero-order valence-electron chi connectivity index (χ0n) is 15.5. The van der Waals surface area contributed by atoms with Crippen LogP contribution in [0, 0.1) is 0 Å². The second-order valence-electron chi connectivity index (χ2n) is 7.04. The number of carbonyl (C=O) groups excluding carboxylic acids is 1. The molecule has 1 aliphatic rings. The molecule has 0 saturated heterocycles. The number of carbonyl (C=O) groups is 1. The standard InChI is InChI=1S/C21H22ClN3OS2/c22-19-12-11-18(28-19)17(26)14-27-21-24-23-20(13-15-7-3-1-4-8-15)25(21)16-9-5-2-6-10-16/h1,3-4,7-8,11-12,16H,2,5-6,9-10,13-14H2. The van der Waals surface area contributed by atoms with E-state index in [0.717, 1.165) is 30.2 Å². The third-order valence-corrected chi connectivity index (χ3v) is 7.28. The van der Waals surface area contributed by atoms with Gasteiger partial charge in [-0.25, -0.2) is 0 Å². The maximum absolute atomic E-state index is 12.5. The number of benzene rings is 1. The smallest absolute Gasteiger partial charge is 0.191 e. The van der Waals surface area contributed by atoms with Crippen molar-refractivity contribution in [1.29, 1.82) is 0 Å². The molecule has 1 fully saturated rings. The van der Waals surface area contributed by atoms with Gasteiger partial charge in [-0.05, 0) is 30.5 Å². The number of ketones is 1. The van der Waals surface area contributed by atoms with Crippen molar-refractivity contribution in [2.24, 2.45) is 0 Å². The van der Waals surface area contributed by atoms with E-state index in [-0.39, 0.29) is 5.78 Å². The highest BCUT2D eigenvalue weighted by Gasteiger charge is 2.24. The van der Waals surface area contributed by atoms with Crippen LogP contribution in [0.15, 0.2) is 47.6 Å². The first-order valence-corrected chi connectivity index (χ1v) is 11.8. The van der Waals surface area contributed by atoms with Crippen molar-refractivity contribution in [1.82, 2.24) is 14.8 Å². The Morgan fingerprint density at radius 2 is 1.89 bits per heavy atom. The highest BCUT2D eigenvalue weighted by Crippen LogP contribution is 2.33. The molecule has 0 N–H and O–H groups in total. The summed E-state index contributed by atoms with van der Waals surface area (Å²) in [7, 11) is 0. The second-order valence-corrected chi connectivity index (χ2v) is 9.70. The lowest BCUT2D eigenvalue weighted by Gasteiger charge is -2.25. The van der Waals surface area contributed by atoms with Gasteiger partial charge in [-0.2, -0.15) is 0 Å². The summed E-state index contributed by atoms with van der Waals surface area (Å²) in [5.41, 5.74) is 1.23. The predicted molar refractivity (Wildman–Crippen MR) is 116 cm³/mol. The molecule has 7 heteroatoms. The van der Waals surface area contributed by atoms with E-state index in [1.54, 1.807) is 12.1 Å². The van der Waals surface area contributed by atoms with Crippen molar-refractivity contribution in [2.75, 3.05) is 5.75 Å². The van der Waals surface area contributed by atoms with Gasteiger partial charge in [0.2, 0.25) is 0 Å². The Morgan fingerprint density at radius 1 is 1.11 bits per heavy atom. The van der Waals surface area contributed by atoms with Crippen molar-refractivity contribution < 1.29 is 4.79 Å². The van der Waals surface area contributed by atoms with E-state index < -0.39 is 0 Å². The van der Waals surface area contributed by atoms with Crippen LogP contribution in [0.5, 0.6) is 0 Å². The maximum atomic E-state index is 12.5. The van der Waals surface area contributed by atoms with Gasteiger partial charge in [0.1, 0.15) is 5.82 Å². The highest BCUT2D eigenvalue weighted by molar-refractivity contribution is 7.99. The van der Waals surface area contributed by atoms with Crippen LogP contribution in [0.1, 0.15) is 59.2 Å². The van der Waals surface area contributed by atoms with Gasteiger partial charge in [-0.1, -0.05) is 73.0 Å². The first kappa shape index (κ1) is 19.7. The number of hydrogen-bond donors (Lipinski definition) is 0. The molecule has 3 aromatic rings. The summed E-state index contributed by atoms with van der Waals surface area (Å²) in [4.78, 5) is 13.2. The maximum Gasteiger partial charge on any atom is 0.191 e. The molecule has 4 nitrogen and oxygen atoms in total. The molecule has 0 atom stereocenters. The molecule has 28 heavy (non-hydrogen) atoms. The van der Waals surface area contributed by atoms with Crippen LogP contribution in [0.2, 0.25) is 4.34 Å². The number of nitrogens with zero attached hydrogens (tertiary/aromatic N) is 3. The molecular weight excluding hydrogens is 410 g/mol. The van der Waals surface area contributed by atoms with E-state index in [0.29, 0.717) is 21.0 Å². The molecule has 146 valence electrons. The van der Waals surface area contributed by atoms with Crippen molar-refractivity contribution >= 4 is 40.5 Å². The molecule has 0 amide bonds. The summed E-state index contributed by atoms with van der Waals surface area (Å²) in [6, 6.07) is 14.4. The van der Waals surface area contributed by atoms with Crippen LogP contribution in [-0.4, -0.2) is 26.3 Å². The predicted octanol–water partition coefficient (Wildman–Crippen LogP) is 6.06. The quantitative estimate of drug-likeness (QED) is 0.336. The first-order valence-electron chi connectivity index (χ1n) is 9.60. The molecule has 4 rings (SSSR count). The van der Waals surface area contributed by atoms with Gasteiger partial charge >= 0.3 is 0 Å². The Balaban J connectivity index is 1.54. The van der Waals surface area contributed by atoms with E-state index in [2.05, 4.69) is 39.0 Å². The number of rotatable bonds is 7. The molecule has 1 aliphatic carbocycles. The summed E-state index contributed by atoms with van der Waals surface area (Å²) in [6.45, 7) is 0. The van der Waals surface area contributed by atoms with Crippen LogP contribution < -0.4 is 0 Å². The van der Waals surface area contributed by atoms with Crippen molar-refractivity contribution in [3.8, 4) is 0 Å². The summed E-state index contributed by atoms with van der Waals surface area (Å²) < 4.78 is 2.94. The van der Waals surface area contributed by atoms with Gasteiger partial charge in [-0.3, -0.25) is 4.79 Å². The van der Waals surface area contributed by atoms with Crippen molar-refractivity contribution in [3.05, 3.63) is 63.1 Å². The molecule has 0 aliphatic heterocycles. The summed E-state index contributed by atoms with van der Waals surface area (Å²) >= 11 is 8.78. The average molecular weight is 432 g/mol. The summed E-state index contributed by atoms with van der Waals surface area (Å²) in [5.74, 6) is 1.43. The molecule has 1 aromatic carbocycles. The molecule has 0 bridgehead atoms. The monoisotopic (exact) mass is 431 g/mol. The second kappa shape index (κ2) is 9.25. The molecule has 0 radical (unpaired) electrons. The number of aromatic nitrogens is 3. The van der Waals surface area contributed by atoms with Crippen molar-refractivity contribution in [2.45, 2.75) is 49.7 Å². The van der Waals surface area contributed by atoms with Crippen LogP contribution in [0.4, 0.5) is 0 Å². The lowest BCUT2D eigenvalue weighted by molar-refractivity contribution is 0.102. The Kier molecular flexibility index (Phi) is 6.50. The van der Waals surface area contributed by atoms with E-state index in [9.17, 15) is 4.79 Å². The van der Waals surface area contributed by atoms with Crippen molar-refractivity contribution in [3.63, 3.8) is 0 Å². The third-order valence-electron chi connectivity index (χ3n) is 5.06. The zero-order chi connectivity index (χ0) is 19.3. The number of hydrogen-bond acceptors (Lipinski definition) is 5. The number of Topliss-reactive ketones (excluding diaryl/α,β-unsaturated/α-hetero) is 1. The minimum Gasteiger partial charge on any atom is -0.303 e. The fourth-order valence-electron chi connectivity index (χ4n) is 3.68. The number of thiophene rings is 1. The molecule has 2 heterocycles. The summed E-state index contributed by atoms with van der Waals surface area (Å²) in [6.07, 6.45) is 6.85. The van der Waals surface area contributed by atoms with Gasteiger partial charge in [0.15, 0.2) is 10.9 Å². The number of thioether (sulfide) groups is 1. The van der Waals surface area contributed by atoms with E-state index in [1.165, 1.54) is 47.9 Å². The normalized spacial score (nSPS) is 15.0. The minimum atomic E-state index is 0.0877. The average Bonchev–Trinajstić information content (AvgIpc) is 3.34. The molecule has 0 spiro atoms. The fraction of sp³-hybridized carbons (Fsp3) is 0.381. The Bertz CT molecular complexity index is 932. The lowest BCUT2D eigenvalue weighted by atomic mass is 9.95. The molecule has 0 unspecified atom stereocenters. The van der Waals surface area contributed by atoms with E-state index in [4.69, 9.17) is 11.6 Å². The van der Waals surface area contributed by atoms with E-state index in [1.807, 2.05) is 6.07 Å². The van der Waals surface area contributed by atoms with E-state index >= 15 is 0 Å². The van der Waals surface area contributed by atoms with Gasteiger partial charge < -0.3 is 4.57 Å². The molecule has 1 saturated carbocycles. The van der Waals surface area contributed by atoms with Gasteiger partial charge in [0, 0.05) is 12.5 Å². The Morgan fingerprint density at radius 3 is 2.61 bits per heavy atom. The topological polar surface area (TPSA) is 47.8 Å². The lowest BCUT2D eigenvalue weighted by Crippen LogP contribution is -2.17. The molecular formula is C21H22ClN3OS2. The number of halogens is 1. The highest BCUT2D eigenvalue weighted by atomic mass is 35.5. The Labute approximate surface area is 178 Å².